The lowest BCUT2D eigenvalue weighted by molar-refractivity contribution is 0.0918. The van der Waals surface area contributed by atoms with Crippen LogP contribution in [0.5, 0.6) is 11.7 Å². The molecule has 1 amide bonds. The van der Waals surface area contributed by atoms with Crippen LogP contribution in [0.1, 0.15) is 23.4 Å². The predicted molar refractivity (Wildman–Crippen MR) is 70.7 cm³/mol. The van der Waals surface area contributed by atoms with E-state index in [2.05, 4.69) is 5.32 Å². The highest BCUT2D eigenvalue weighted by Gasteiger charge is 2.25. The summed E-state index contributed by atoms with van der Waals surface area (Å²) in [5.41, 5.74) is 0. The second-order valence-corrected chi connectivity index (χ2v) is 4.86. The van der Waals surface area contributed by atoms with Crippen LogP contribution in [0.15, 0.2) is 40.8 Å². The smallest absolute Gasteiger partial charge is 0.290 e. The van der Waals surface area contributed by atoms with Crippen LogP contribution in [0.2, 0.25) is 5.02 Å². The summed E-state index contributed by atoms with van der Waals surface area (Å²) < 4.78 is 10.8. The predicted octanol–water partition coefficient (Wildman–Crippen LogP) is 3.62. The van der Waals surface area contributed by atoms with Crippen LogP contribution in [0, 0.1) is 0 Å². The van der Waals surface area contributed by atoms with E-state index in [1.165, 1.54) is 0 Å². The highest BCUT2D eigenvalue weighted by Crippen LogP contribution is 2.26. The van der Waals surface area contributed by atoms with Gasteiger partial charge in [-0.1, -0.05) is 17.7 Å². The van der Waals surface area contributed by atoms with E-state index in [1.54, 1.807) is 36.4 Å². The molecular formula is C14H12ClNO3. The third-order valence-corrected chi connectivity index (χ3v) is 2.97. The lowest BCUT2D eigenvalue weighted by Crippen LogP contribution is -2.24. The maximum atomic E-state index is 11.7. The van der Waals surface area contributed by atoms with E-state index < -0.39 is 0 Å². The summed E-state index contributed by atoms with van der Waals surface area (Å²) >= 11 is 5.86. The summed E-state index contributed by atoms with van der Waals surface area (Å²) in [5, 5.41) is 3.43. The van der Waals surface area contributed by atoms with Gasteiger partial charge < -0.3 is 14.5 Å². The second kappa shape index (κ2) is 4.97. The minimum atomic E-state index is -0.205. The number of halogens is 1. The third kappa shape index (κ3) is 3.09. The Labute approximate surface area is 115 Å². The van der Waals surface area contributed by atoms with Crippen LogP contribution < -0.4 is 10.1 Å². The highest BCUT2D eigenvalue weighted by atomic mass is 35.5. The van der Waals surface area contributed by atoms with Crippen molar-refractivity contribution in [3.63, 3.8) is 0 Å². The van der Waals surface area contributed by atoms with Crippen LogP contribution >= 0.6 is 11.6 Å². The Hall–Kier alpha value is -1.94. The molecule has 1 aromatic heterocycles. The Balaban J connectivity index is 1.68. The zero-order chi connectivity index (χ0) is 13.2. The van der Waals surface area contributed by atoms with E-state index in [1.807, 2.05) is 0 Å². The number of hydrogen-bond donors (Lipinski definition) is 1. The zero-order valence-electron chi connectivity index (χ0n) is 10.1. The van der Waals surface area contributed by atoms with E-state index in [0.29, 0.717) is 16.8 Å². The molecule has 0 spiro atoms. The average Bonchev–Trinajstić information content (AvgIpc) is 3.06. The quantitative estimate of drug-likeness (QED) is 0.929. The van der Waals surface area contributed by atoms with Gasteiger partial charge in [0.05, 0.1) is 0 Å². The van der Waals surface area contributed by atoms with Crippen molar-refractivity contribution < 1.29 is 13.9 Å². The van der Waals surface area contributed by atoms with Gasteiger partial charge in [-0.3, -0.25) is 4.79 Å². The van der Waals surface area contributed by atoms with Gasteiger partial charge >= 0.3 is 0 Å². The Kier molecular flexibility index (Phi) is 3.17. The molecule has 0 unspecified atom stereocenters. The van der Waals surface area contributed by atoms with Gasteiger partial charge in [0.1, 0.15) is 5.75 Å². The summed E-state index contributed by atoms with van der Waals surface area (Å²) in [7, 11) is 0. The summed E-state index contributed by atoms with van der Waals surface area (Å²) in [5.74, 6) is 0.881. The molecule has 1 N–H and O–H groups in total. The number of amides is 1. The largest absolute Gasteiger partial charge is 0.426 e. The number of hydrogen-bond acceptors (Lipinski definition) is 3. The lowest BCUT2D eigenvalue weighted by Gasteiger charge is -2.02. The molecule has 98 valence electrons. The topological polar surface area (TPSA) is 51.5 Å². The zero-order valence-corrected chi connectivity index (χ0v) is 10.8. The maximum Gasteiger partial charge on any atom is 0.290 e. The van der Waals surface area contributed by atoms with Gasteiger partial charge in [-0.2, -0.15) is 0 Å². The summed E-state index contributed by atoms with van der Waals surface area (Å²) in [6.45, 7) is 0. The Bertz CT molecular complexity index is 604. The molecule has 19 heavy (non-hydrogen) atoms. The fourth-order valence-electron chi connectivity index (χ4n) is 1.63. The van der Waals surface area contributed by atoms with Gasteiger partial charge in [0.2, 0.25) is 0 Å². The molecule has 1 saturated carbocycles. The molecule has 1 heterocycles. The van der Waals surface area contributed by atoms with Crippen LogP contribution in [0.25, 0.3) is 0 Å². The van der Waals surface area contributed by atoms with Gasteiger partial charge in [-0.25, -0.2) is 0 Å². The number of carbonyl (C=O) groups excluding carboxylic acids is 1. The molecule has 0 radical (unpaired) electrons. The van der Waals surface area contributed by atoms with Crippen molar-refractivity contribution in [3.8, 4) is 11.7 Å². The first-order valence-electron chi connectivity index (χ1n) is 6.05. The van der Waals surface area contributed by atoms with Crippen molar-refractivity contribution in [2.24, 2.45) is 0 Å². The Morgan fingerprint density at radius 2 is 2.16 bits per heavy atom. The first-order valence-corrected chi connectivity index (χ1v) is 6.42. The fraction of sp³-hybridized carbons (Fsp3) is 0.214. The SMILES string of the molecule is O=C(NC1CC1)c1ccc(Oc2cccc(Cl)c2)o1. The standard InChI is InChI=1S/C14H12ClNO3/c15-9-2-1-3-11(8-9)18-13-7-6-12(19-13)14(17)16-10-4-5-10/h1-3,6-8,10H,4-5H2,(H,16,17). The molecule has 5 heteroatoms. The second-order valence-electron chi connectivity index (χ2n) is 4.43. The number of carbonyl (C=O) groups is 1. The van der Waals surface area contributed by atoms with Crippen molar-refractivity contribution in [2.75, 3.05) is 0 Å². The van der Waals surface area contributed by atoms with Gasteiger partial charge in [-0.05, 0) is 37.1 Å². The van der Waals surface area contributed by atoms with E-state index in [-0.39, 0.29) is 17.6 Å². The molecule has 0 aliphatic heterocycles. The summed E-state index contributed by atoms with van der Waals surface area (Å²) in [6, 6.07) is 10.5. The first-order chi connectivity index (χ1) is 9.20. The van der Waals surface area contributed by atoms with Gasteiger partial charge in [0.15, 0.2) is 5.76 Å². The highest BCUT2D eigenvalue weighted by molar-refractivity contribution is 6.30. The molecule has 1 aliphatic rings. The lowest BCUT2D eigenvalue weighted by atomic mass is 10.3. The molecule has 2 aromatic rings. The first kappa shape index (κ1) is 12.1. The molecule has 1 aliphatic carbocycles. The molecule has 4 nitrogen and oxygen atoms in total. The van der Waals surface area contributed by atoms with Crippen LogP contribution in [-0.4, -0.2) is 11.9 Å². The fourth-order valence-corrected chi connectivity index (χ4v) is 1.81. The molecule has 3 rings (SSSR count). The van der Waals surface area contributed by atoms with E-state index in [9.17, 15) is 4.79 Å². The molecule has 0 saturated heterocycles. The Morgan fingerprint density at radius 3 is 2.89 bits per heavy atom. The minimum Gasteiger partial charge on any atom is -0.426 e. The summed E-state index contributed by atoms with van der Waals surface area (Å²) in [4.78, 5) is 11.7. The number of ether oxygens (including phenoxy) is 1. The number of furan rings is 1. The van der Waals surface area contributed by atoms with Gasteiger partial charge in [0.25, 0.3) is 11.9 Å². The number of benzene rings is 1. The molecule has 1 aromatic carbocycles. The van der Waals surface area contributed by atoms with Crippen LogP contribution in [0.4, 0.5) is 0 Å². The monoisotopic (exact) mass is 277 g/mol. The third-order valence-electron chi connectivity index (χ3n) is 2.73. The van der Waals surface area contributed by atoms with Crippen molar-refractivity contribution in [1.29, 1.82) is 0 Å². The van der Waals surface area contributed by atoms with Gasteiger partial charge in [0, 0.05) is 17.1 Å². The molecule has 1 fully saturated rings. The Morgan fingerprint density at radius 1 is 1.32 bits per heavy atom. The van der Waals surface area contributed by atoms with Crippen molar-refractivity contribution in [2.45, 2.75) is 18.9 Å². The van der Waals surface area contributed by atoms with E-state index in [4.69, 9.17) is 20.8 Å². The summed E-state index contributed by atoms with van der Waals surface area (Å²) in [6.07, 6.45) is 2.08. The average molecular weight is 278 g/mol. The van der Waals surface area contributed by atoms with E-state index >= 15 is 0 Å². The normalized spacial score (nSPS) is 14.2. The number of rotatable bonds is 4. The van der Waals surface area contributed by atoms with Crippen LogP contribution in [-0.2, 0) is 0 Å². The molecule has 0 bridgehead atoms. The van der Waals surface area contributed by atoms with Gasteiger partial charge in [-0.15, -0.1) is 0 Å². The van der Waals surface area contributed by atoms with E-state index in [0.717, 1.165) is 12.8 Å². The van der Waals surface area contributed by atoms with Crippen molar-refractivity contribution >= 4 is 17.5 Å². The molecular weight excluding hydrogens is 266 g/mol. The van der Waals surface area contributed by atoms with Crippen molar-refractivity contribution in [3.05, 3.63) is 47.2 Å². The molecule has 0 atom stereocenters. The van der Waals surface area contributed by atoms with Crippen molar-refractivity contribution in [1.82, 2.24) is 5.32 Å². The minimum absolute atomic E-state index is 0.205. The van der Waals surface area contributed by atoms with Crippen LogP contribution in [0.3, 0.4) is 0 Å². The maximum absolute atomic E-state index is 11.7. The number of nitrogens with one attached hydrogen (secondary N) is 1.